The van der Waals surface area contributed by atoms with Gasteiger partial charge in [0.2, 0.25) is 0 Å². The van der Waals surface area contributed by atoms with Crippen molar-refractivity contribution in [2.24, 2.45) is 4.99 Å². The second-order valence-corrected chi connectivity index (χ2v) is 10.8. The molecule has 42 heavy (non-hydrogen) atoms. The molecule has 0 unspecified atom stereocenters. The number of piperazine rings is 1. The van der Waals surface area contributed by atoms with E-state index in [2.05, 4.69) is 64.6 Å². The zero-order valence-corrected chi connectivity index (χ0v) is 23.3. The maximum atomic E-state index is 14.3. The van der Waals surface area contributed by atoms with Gasteiger partial charge in [0.05, 0.1) is 17.9 Å². The minimum Gasteiger partial charge on any atom is -0.366 e. The fourth-order valence-corrected chi connectivity index (χ4v) is 6.04. The molecule has 4 aromatic carbocycles. The van der Waals surface area contributed by atoms with E-state index in [1.54, 1.807) is 12.1 Å². The maximum Gasteiger partial charge on any atom is 0.253 e. The molecule has 3 heterocycles. The molecule has 5 nitrogen and oxygen atoms in total. The van der Waals surface area contributed by atoms with Crippen LogP contribution in [0.1, 0.15) is 22.5 Å². The summed E-state index contributed by atoms with van der Waals surface area (Å²) in [4.78, 5) is 25.8. The van der Waals surface area contributed by atoms with Crippen molar-refractivity contribution in [2.45, 2.75) is 6.42 Å². The van der Waals surface area contributed by atoms with Gasteiger partial charge in [-0.2, -0.15) is 0 Å². The van der Waals surface area contributed by atoms with Crippen LogP contribution in [0.2, 0.25) is 0 Å². The van der Waals surface area contributed by atoms with E-state index in [-0.39, 0.29) is 11.7 Å². The monoisotopic (exact) mass is 554 g/mol. The van der Waals surface area contributed by atoms with Crippen molar-refractivity contribution in [3.05, 3.63) is 120 Å². The first-order valence-corrected chi connectivity index (χ1v) is 14.4. The quantitative estimate of drug-likeness (QED) is 0.245. The summed E-state index contributed by atoms with van der Waals surface area (Å²) in [6.45, 7) is 2.90. The average Bonchev–Trinajstić information content (AvgIpc) is 3.45. The molecule has 0 spiro atoms. The topological polar surface area (TPSA) is 51.7 Å². The van der Waals surface area contributed by atoms with E-state index in [1.807, 2.05) is 46.3 Å². The van der Waals surface area contributed by atoms with Crippen LogP contribution in [0, 0.1) is 5.82 Å². The number of carbonyl (C=O) groups is 1. The fraction of sp³-hybridized carbons (Fsp3) is 0.167. The maximum absolute atomic E-state index is 14.3. The van der Waals surface area contributed by atoms with Gasteiger partial charge >= 0.3 is 0 Å². The van der Waals surface area contributed by atoms with Gasteiger partial charge in [-0.05, 0) is 52.6 Å². The highest BCUT2D eigenvalue weighted by molar-refractivity contribution is 6.06. The Kier molecular flexibility index (Phi) is 6.88. The van der Waals surface area contributed by atoms with Crippen molar-refractivity contribution < 1.29 is 9.18 Å². The molecule has 1 amide bonds. The Hall–Kier alpha value is -4.97. The summed E-state index contributed by atoms with van der Waals surface area (Å²) >= 11 is 0. The van der Waals surface area contributed by atoms with E-state index in [1.165, 1.54) is 11.6 Å². The molecular weight excluding hydrogens is 523 g/mol. The number of fused-ring (bicyclic) bond motifs is 1. The molecular formula is C36H31FN4O. The molecule has 0 radical (unpaired) electrons. The second-order valence-electron chi connectivity index (χ2n) is 10.8. The third-order valence-corrected chi connectivity index (χ3v) is 8.27. The average molecular weight is 555 g/mol. The van der Waals surface area contributed by atoms with Crippen molar-refractivity contribution in [2.75, 3.05) is 37.6 Å². The number of aromatic nitrogens is 1. The van der Waals surface area contributed by atoms with Gasteiger partial charge in [0.15, 0.2) is 0 Å². The predicted octanol–water partition coefficient (Wildman–Crippen LogP) is 7.46. The number of dihydropyridines is 1. The number of rotatable bonds is 5. The zero-order valence-electron chi connectivity index (χ0n) is 23.3. The van der Waals surface area contributed by atoms with Crippen LogP contribution in [-0.4, -0.2) is 54.7 Å². The van der Waals surface area contributed by atoms with E-state index >= 15 is 0 Å². The van der Waals surface area contributed by atoms with Crippen molar-refractivity contribution in [1.29, 1.82) is 0 Å². The summed E-state index contributed by atoms with van der Waals surface area (Å²) in [6.07, 6.45) is 4.98. The standard InChI is InChI=1S/C36H31FN4O/c37-31-10-4-5-11-33(31)40-19-21-41(22-20-40)36(42)28-16-17-32-30(23-28)34(35(39-32)29-9-6-18-38-24-29)27-14-12-26(13-15-27)25-7-2-1-3-8-25/h1-5,7-18,23,39H,6,19-22,24H2. The third kappa shape index (κ3) is 4.90. The van der Waals surface area contributed by atoms with Crippen LogP contribution in [0.15, 0.2) is 108 Å². The molecule has 0 saturated carbocycles. The molecule has 7 rings (SSSR count). The van der Waals surface area contributed by atoms with Crippen LogP contribution in [-0.2, 0) is 0 Å². The Labute approximate surface area is 244 Å². The SMILES string of the molecule is O=C(c1ccc2[nH]c(C3=CCC=NC3)c(-c3ccc(-c4ccccc4)cc3)c2c1)N1CCN(c2ccccc2F)CC1. The second kappa shape index (κ2) is 11.1. The third-order valence-electron chi connectivity index (χ3n) is 8.27. The molecule has 5 aromatic rings. The predicted molar refractivity (Wildman–Crippen MR) is 170 cm³/mol. The number of nitrogens with one attached hydrogen (secondary N) is 1. The number of aliphatic imine (C=N–C) groups is 1. The van der Waals surface area contributed by atoms with E-state index in [0.717, 1.165) is 45.3 Å². The number of anilines is 1. The Bertz CT molecular complexity index is 1810. The number of amides is 1. The van der Waals surface area contributed by atoms with Crippen molar-refractivity contribution in [1.82, 2.24) is 9.88 Å². The van der Waals surface area contributed by atoms with Gasteiger partial charge in [0.1, 0.15) is 5.82 Å². The smallest absolute Gasteiger partial charge is 0.253 e. The Morgan fingerprint density at radius 1 is 0.786 bits per heavy atom. The van der Waals surface area contributed by atoms with E-state index in [4.69, 9.17) is 0 Å². The number of carbonyl (C=O) groups excluding carboxylic acids is 1. The normalized spacial score (nSPS) is 15.2. The minimum atomic E-state index is -0.228. The number of halogens is 1. The number of hydrogen-bond donors (Lipinski definition) is 1. The molecule has 1 N–H and O–H groups in total. The minimum absolute atomic E-state index is 0.000286. The molecule has 2 aliphatic heterocycles. The summed E-state index contributed by atoms with van der Waals surface area (Å²) in [5.74, 6) is -0.228. The Morgan fingerprint density at radius 3 is 2.24 bits per heavy atom. The number of hydrogen-bond acceptors (Lipinski definition) is 3. The summed E-state index contributed by atoms with van der Waals surface area (Å²) in [6, 6.07) is 31.8. The molecule has 0 atom stereocenters. The Morgan fingerprint density at radius 2 is 1.50 bits per heavy atom. The number of H-pyrrole nitrogens is 1. The molecule has 1 fully saturated rings. The summed E-state index contributed by atoms with van der Waals surface area (Å²) in [5, 5.41) is 1.02. The van der Waals surface area contributed by atoms with Gasteiger partial charge in [-0.25, -0.2) is 4.39 Å². The molecule has 1 saturated heterocycles. The number of nitrogens with zero attached hydrogens (tertiary/aromatic N) is 3. The molecule has 6 heteroatoms. The van der Waals surface area contributed by atoms with Crippen LogP contribution >= 0.6 is 0 Å². The van der Waals surface area contributed by atoms with Crippen LogP contribution in [0.4, 0.5) is 10.1 Å². The van der Waals surface area contributed by atoms with Gasteiger partial charge in [0.25, 0.3) is 5.91 Å². The highest BCUT2D eigenvalue weighted by Gasteiger charge is 2.25. The zero-order chi connectivity index (χ0) is 28.5. The van der Waals surface area contributed by atoms with Gasteiger partial charge in [0, 0.05) is 60.8 Å². The first-order valence-electron chi connectivity index (χ1n) is 14.4. The number of aromatic amines is 1. The van der Waals surface area contributed by atoms with Gasteiger partial charge in [-0.1, -0.05) is 72.8 Å². The van der Waals surface area contributed by atoms with E-state index in [0.29, 0.717) is 44.0 Å². The fourth-order valence-electron chi connectivity index (χ4n) is 6.04. The molecule has 2 aliphatic rings. The lowest BCUT2D eigenvalue weighted by molar-refractivity contribution is 0.0747. The van der Waals surface area contributed by atoms with Crippen molar-refractivity contribution >= 4 is 34.3 Å². The van der Waals surface area contributed by atoms with Crippen LogP contribution in [0.5, 0.6) is 0 Å². The number of benzene rings is 4. The number of para-hydroxylation sites is 1. The molecule has 0 bridgehead atoms. The lowest BCUT2D eigenvalue weighted by Crippen LogP contribution is -2.49. The Balaban J connectivity index is 1.21. The van der Waals surface area contributed by atoms with Gasteiger partial charge in [-0.15, -0.1) is 0 Å². The van der Waals surface area contributed by atoms with Gasteiger partial charge < -0.3 is 14.8 Å². The number of allylic oxidation sites excluding steroid dienone is 1. The summed E-state index contributed by atoms with van der Waals surface area (Å²) < 4.78 is 14.3. The first-order chi connectivity index (χ1) is 20.7. The van der Waals surface area contributed by atoms with Crippen molar-refractivity contribution in [3.8, 4) is 22.3 Å². The van der Waals surface area contributed by atoms with Crippen LogP contribution in [0.25, 0.3) is 38.7 Å². The lowest BCUT2D eigenvalue weighted by atomic mass is 9.94. The highest BCUT2D eigenvalue weighted by Crippen LogP contribution is 2.38. The van der Waals surface area contributed by atoms with Crippen LogP contribution < -0.4 is 4.90 Å². The van der Waals surface area contributed by atoms with E-state index in [9.17, 15) is 9.18 Å². The summed E-state index contributed by atoms with van der Waals surface area (Å²) in [7, 11) is 0. The molecule has 0 aliphatic carbocycles. The largest absolute Gasteiger partial charge is 0.366 e. The highest BCUT2D eigenvalue weighted by atomic mass is 19.1. The first kappa shape index (κ1) is 26.0. The molecule has 208 valence electrons. The lowest BCUT2D eigenvalue weighted by Gasteiger charge is -2.36. The molecule has 1 aromatic heterocycles. The van der Waals surface area contributed by atoms with E-state index < -0.39 is 0 Å². The van der Waals surface area contributed by atoms with Crippen LogP contribution in [0.3, 0.4) is 0 Å². The van der Waals surface area contributed by atoms with Crippen molar-refractivity contribution in [3.63, 3.8) is 0 Å². The van der Waals surface area contributed by atoms with Gasteiger partial charge in [-0.3, -0.25) is 9.79 Å². The summed E-state index contributed by atoms with van der Waals surface area (Å²) in [5.41, 5.74) is 8.97.